The van der Waals surface area contributed by atoms with Crippen molar-refractivity contribution < 1.29 is 13.6 Å². The van der Waals surface area contributed by atoms with Gasteiger partial charge in [-0.15, -0.1) is 0 Å². The molecule has 0 saturated carbocycles. The zero-order valence-electron chi connectivity index (χ0n) is 19.0. The van der Waals surface area contributed by atoms with Gasteiger partial charge in [-0.1, -0.05) is 30.3 Å². The Balaban J connectivity index is 1.32. The van der Waals surface area contributed by atoms with E-state index < -0.39 is 17.2 Å². The highest BCUT2D eigenvalue weighted by Crippen LogP contribution is 2.30. The molecular weight excluding hydrogens is 528 g/mol. The number of fused-ring (bicyclic) bond motifs is 1. The van der Waals surface area contributed by atoms with Gasteiger partial charge >= 0.3 is 0 Å². The van der Waals surface area contributed by atoms with E-state index in [4.69, 9.17) is 0 Å². The summed E-state index contributed by atoms with van der Waals surface area (Å²) in [7, 11) is 0. The van der Waals surface area contributed by atoms with Crippen LogP contribution in [0.2, 0.25) is 0 Å². The van der Waals surface area contributed by atoms with E-state index >= 15 is 0 Å². The number of hydrogen-bond donors (Lipinski definition) is 1. The lowest BCUT2D eigenvalue weighted by Gasteiger charge is -2.09. The molecule has 36 heavy (non-hydrogen) atoms. The summed E-state index contributed by atoms with van der Waals surface area (Å²) in [4.78, 5) is 33.4. The highest BCUT2D eigenvalue weighted by atomic mass is 79.9. The Bertz CT molecular complexity index is 1660. The molecule has 3 heterocycles. The number of aromatic nitrogens is 3. The molecule has 5 rings (SSSR count). The van der Waals surface area contributed by atoms with E-state index in [2.05, 4.69) is 25.9 Å². The number of benzene rings is 2. The second-order valence-electron chi connectivity index (χ2n) is 8.48. The van der Waals surface area contributed by atoms with Crippen LogP contribution >= 0.6 is 15.9 Å². The van der Waals surface area contributed by atoms with Crippen molar-refractivity contribution in [3.05, 3.63) is 122 Å². The second kappa shape index (κ2) is 9.99. The third-order valence-electron chi connectivity index (χ3n) is 6.03. The van der Waals surface area contributed by atoms with Crippen LogP contribution in [0.1, 0.15) is 27.9 Å². The topological polar surface area (TPSA) is 67.8 Å². The van der Waals surface area contributed by atoms with Crippen molar-refractivity contribution in [1.29, 1.82) is 0 Å². The van der Waals surface area contributed by atoms with Crippen molar-refractivity contribution in [2.24, 2.45) is 0 Å². The smallest absolute Gasteiger partial charge is 0.261 e. The lowest BCUT2D eigenvalue weighted by molar-refractivity contribution is 0.0981. The highest BCUT2D eigenvalue weighted by molar-refractivity contribution is 9.10. The zero-order chi connectivity index (χ0) is 25.2. The molecule has 0 saturated heterocycles. The second-order valence-corrected chi connectivity index (χ2v) is 9.39. The van der Waals surface area contributed by atoms with E-state index in [0.29, 0.717) is 12.0 Å². The normalized spacial score (nSPS) is 11.2. The molecule has 0 unspecified atom stereocenters. The first-order chi connectivity index (χ1) is 17.4. The van der Waals surface area contributed by atoms with Gasteiger partial charge in [0.25, 0.3) is 5.56 Å². The Hall–Kier alpha value is -3.91. The summed E-state index contributed by atoms with van der Waals surface area (Å²) in [5, 5.41) is 0.989. The van der Waals surface area contributed by atoms with Gasteiger partial charge in [0.15, 0.2) is 17.4 Å². The predicted octanol–water partition coefficient (Wildman–Crippen LogP) is 6.30. The predicted molar refractivity (Wildman–Crippen MR) is 138 cm³/mol. The van der Waals surface area contributed by atoms with Gasteiger partial charge in [0, 0.05) is 40.4 Å². The molecule has 0 bridgehead atoms. The summed E-state index contributed by atoms with van der Waals surface area (Å²) >= 11 is 3.46. The number of halogens is 3. The molecule has 5 nitrogen and oxygen atoms in total. The molecule has 2 aromatic carbocycles. The fourth-order valence-electron chi connectivity index (χ4n) is 4.21. The molecule has 1 N–H and O–H groups in total. The molecule has 0 aliphatic heterocycles. The number of hydrogen-bond acceptors (Lipinski definition) is 3. The Morgan fingerprint density at radius 1 is 1.00 bits per heavy atom. The zero-order valence-corrected chi connectivity index (χ0v) is 20.6. The van der Waals surface area contributed by atoms with Gasteiger partial charge in [0.1, 0.15) is 5.65 Å². The van der Waals surface area contributed by atoms with E-state index in [1.807, 2.05) is 36.5 Å². The van der Waals surface area contributed by atoms with E-state index in [-0.39, 0.29) is 24.3 Å². The van der Waals surface area contributed by atoms with Crippen LogP contribution in [0.4, 0.5) is 8.78 Å². The Kier molecular flexibility index (Phi) is 6.61. The van der Waals surface area contributed by atoms with Crippen LogP contribution in [0, 0.1) is 11.6 Å². The highest BCUT2D eigenvalue weighted by Gasteiger charge is 2.14. The number of rotatable bonds is 7. The molecule has 0 amide bonds. The van der Waals surface area contributed by atoms with Crippen LogP contribution in [-0.4, -0.2) is 20.3 Å². The fourth-order valence-corrected chi connectivity index (χ4v) is 4.54. The number of carbonyl (C=O) groups is 1. The molecule has 0 atom stereocenters. The minimum atomic E-state index is -0.980. The first-order valence-electron chi connectivity index (χ1n) is 11.3. The van der Waals surface area contributed by atoms with Gasteiger partial charge in [0.05, 0.1) is 12.1 Å². The Labute approximate surface area is 213 Å². The van der Waals surface area contributed by atoms with E-state index in [1.54, 1.807) is 12.3 Å². The van der Waals surface area contributed by atoms with Gasteiger partial charge in [-0.2, -0.15) is 0 Å². The van der Waals surface area contributed by atoms with E-state index in [9.17, 15) is 18.4 Å². The molecule has 0 spiro atoms. The van der Waals surface area contributed by atoms with Crippen LogP contribution < -0.4 is 5.56 Å². The number of carbonyl (C=O) groups excluding carboxylic acids is 1. The van der Waals surface area contributed by atoms with Crippen molar-refractivity contribution in [2.75, 3.05) is 0 Å². The van der Waals surface area contributed by atoms with Crippen LogP contribution in [0.15, 0.2) is 88.5 Å². The molecule has 0 aliphatic rings. The monoisotopic (exact) mass is 547 g/mol. The quantitative estimate of drug-likeness (QED) is 0.243. The van der Waals surface area contributed by atoms with Gasteiger partial charge in [-0.3, -0.25) is 9.59 Å². The maximum absolute atomic E-state index is 13.5. The lowest BCUT2D eigenvalue weighted by Crippen LogP contribution is -2.26. The Morgan fingerprint density at radius 2 is 1.86 bits per heavy atom. The maximum atomic E-state index is 13.5. The summed E-state index contributed by atoms with van der Waals surface area (Å²) in [6, 6.07) is 16.5. The first-order valence-corrected chi connectivity index (χ1v) is 12.1. The number of aromatic amines is 1. The Morgan fingerprint density at radius 3 is 2.69 bits per heavy atom. The van der Waals surface area contributed by atoms with Crippen molar-refractivity contribution in [3.8, 4) is 11.1 Å². The van der Waals surface area contributed by atoms with E-state index in [0.717, 1.165) is 44.3 Å². The largest absolute Gasteiger partial charge is 0.346 e. The average molecular weight is 548 g/mol. The number of aryl methyl sites for hydroxylation is 1. The summed E-state index contributed by atoms with van der Waals surface area (Å²) < 4.78 is 29.0. The SMILES string of the molecule is O=C(CCc1cccc(-c2c[nH]c3ncc(Br)cc23)c1)c1cccn(Cc2ccc(F)c(F)c2)c1=O. The molecule has 8 heteroatoms. The van der Waals surface area contributed by atoms with Gasteiger partial charge in [-0.05, 0) is 69.4 Å². The van der Waals surface area contributed by atoms with Crippen LogP contribution in [0.5, 0.6) is 0 Å². The molecular formula is C28H20BrF2N3O2. The summed E-state index contributed by atoms with van der Waals surface area (Å²) in [6.07, 6.45) is 5.80. The number of Topliss-reactive ketones (excluding diaryl/α,β-unsaturated/α-hetero) is 1. The van der Waals surface area contributed by atoms with Crippen LogP contribution in [0.3, 0.4) is 0 Å². The third kappa shape index (κ3) is 4.90. The number of ketones is 1. The average Bonchev–Trinajstić information content (AvgIpc) is 3.29. The fraction of sp³-hybridized carbons (Fsp3) is 0.107. The van der Waals surface area contributed by atoms with Crippen molar-refractivity contribution in [1.82, 2.24) is 14.5 Å². The third-order valence-corrected chi connectivity index (χ3v) is 6.47. The van der Waals surface area contributed by atoms with Crippen molar-refractivity contribution in [2.45, 2.75) is 19.4 Å². The molecule has 3 aromatic heterocycles. The maximum Gasteiger partial charge on any atom is 0.261 e. The number of nitrogens with zero attached hydrogens (tertiary/aromatic N) is 2. The standard InChI is InChI=1S/C28H20BrF2N3O2/c29-20-13-22-23(15-33-27(22)32-14-20)19-4-1-3-17(11-19)7-9-26(35)21-5-2-10-34(28(21)36)16-18-6-8-24(30)25(31)12-18/h1-6,8,10-15H,7,9,16H2,(H,32,33). The van der Waals surface area contributed by atoms with Crippen molar-refractivity contribution in [3.63, 3.8) is 0 Å². The molecule has 0 fully saturated rings. The molecule has 5 aromatic rings. The molecule has 0 radical (unpaired) electrons. The molecule has 180 valence electrons. The summed E-state index contributed by atoms with van der Waals surface area (Å²) in [6.45, 7) is 0.0365. The van der Waals surface area contributed by atoms with Crippen LogP contribution in [-0.2, 0) is 13.0 Å². The van der Waals surface area contributed by atoms with Crippen molar-refractivity contribution >= 4 is 32.7 Å². The summed E-state index contributed by atoms with van der Waals surface area (Å²) in [5.74, 6) is -2.20. The molecule has 0 aliphatic carbocycles. The lowest BCUT2D eigenvalue weighted by atomic mass is 9.99. The van der Waals surface area contributed by atoms with Crippen LogP contribution in [0.25, 0.3) is 22.2 Å². The van der Waals surface area contributed by atoms with Gasteiger partial charge < -0.3 is 9.55 Å². The first kappa shape index (κ1) is 23.8. The number of nitrogens with one attached hydrogen (secondary N) is 1. The minimum absolute atomic E-state index is 0.0365. The van der Waals surface area contributed by atoms with Gasteiger partial charge in [-0.25, -0.2) is 13.8 Å². The van der Waals surface area contributed by atoms with E-state index in [1.165, 1.54) is 22.9 Å². The minimum Gasteiger partial charge on any atom is -0.346 e. The number of H-pyrrole nitrogens is 1. The number of pyridine rings is 2. The summed E-state index contributed by atoms with van der Waals surface area (Å²) in [5.41, 5.74) is 3.81. The van der Waals surface area contributed by atoms with Gasteiger partial charge in [0.2, 0.25) is 0 Å².